The fourth-order valence-electron chi connectivity index (χ4n) is 1.57. The zero-order valence-electron chi connectivity index (χ0n) is 10.9. The molecule has 0 aliphatic rings. The number of hydrogen-bond acceptors (Lipinski definition) is 3. The molecule has 0 saturated carbocycles. The van der Waals surface area contributed by atoms with Crippen LogP contribution in [-0.4, -0.2) is 17.1 Å². The third-order valence-corrected chi connectivity index (χ3v) is 2.58. The minimum atomic E-state index is -0.0290. The number of pyridine rings is 1. The number of aromatic nitrogens is 1. The van der Waals surface area contributed by atoms with Crippen LogP contribution in [0.5, 0.6) is 0 Å². The molecule has 0 aromatic carbocycles. The van der Waals surface area contributed by atoms with Gasteiger partial charge in [0.1, 0.15) is 0 Å². The average Bonchev–Trinajstić information content (AvgIpc) is 2.40. The first-order valence-corrected chi connectivity index (χ1v) is 6.56. The van der Waals surface area contributed by atoms with Gasteiger partial charge in [0.15, 0.2) is 0 Å². The van der Waals surface area contributed by atoms with Gasteiger partial charge >= 0.3 is 0 Å². The van der Waals surface area contributed by atoms with Crippen molar-refractivity contribution < 1.29 is 4.79 Å². The molecule has 0 spiro atoms. The van der Waals surface area contributed by atoms with Gasteiger partial charge in [-0.25, -0.2) is 5.43 Å². The topological polar surface area (TPSA) is 54.4 Å². The lowest BCUT2D eigenvalue weighted by Gasteiger charge is -1.99. The molecule has 98 valence electrons. The molecule has 1 amide bonds. The van der Waals surface area contributed by atoms with Crippen molar-refractivity contribution in [1.29, 1.82) is 0 Å². The van der Waals surface area contributed by atoms with Gasteiger partial charge in [0.2, 0.25) is 5.91 Å². The molecule has 0 fully saturated rings. The number of carbonyl (C=O) groups excluding carboxylic acids is 1. The summed E-state index contributed by atoms with van der Waals surface area (Å²) in [5, 5.41) is 3.87. The van der Waals surface area contributed by atoms with Crippen LogP contribution in [0.15, 0.2) is 29.5 Å². The molecule has 0 saturated heterocycles. The fourth-order valence-corrected chi connectivity index (χ4v) is 1.57. The summed E-state index contributed by atoms with van der Waals surface area (Å²) in [5.74, 6) is -0.0290. The number of carbonyl (C=O) groups is 1. The summed E-state index contributed by atoms with van der Waals surface area (Å²) in [6.45, 7) is 2.18. The second-order valence-corrected chi connectivity index (χ2v) is 4.21. The number of rotatable bonds is 8. The molecule has 1 aromatic rings. The molecular formula is C14H21N3O. The number of nitrogens with one attached hydrogen (secondary N) is 1. The van der Waals surface area contributed by atoms with Crippen molar-refractivity contribution in [3.63, 3.8) is 0 Å². The molecule has 1 rings (SSSR count). The highest BCUT2D eigenvalue weighted by Crippen LogP contribution is 2.04. The van der Waals surface area contributed by atoms with E-state index in [1.807, 2.05) is 18.2 Å². The third-order valence-electron chi connectivity index (χ3n) is 2.58. The van der Waals surface area contributed by atoms with Crippen LogP contribution in [0.1, 0.15) is 51.1 Å². The van der Waals surface area contributed by atoms with E-state index in [4.69, 9.17) is 0 Å². The molecule has 4 heteroatoms. The van der Waals surface area contributed by atoms with Crippen LogP contribution in [-0.2, 0) is 4.79 Å². The number of unbranched alkanes of at least 4 members (excludes halogenated alkanes) is 4. The molecule has 0 aliphatic heterocycles. The first kappa shape index (κ1) is 14.4. The predicted octanol–water partition coefficient (Wildman–Crippen LogP) is 2.89. The zero-order chi connectivity index (χ0) is 13.1. The van der Waals surface area contributed by atoms with E-state index in [9.17, 15) is 4.79 Å². The van der Waals surface area contributed by atoms with E-state index in [-0.39, 0.29) is 5.91 Å². The van der Waals surface area contributed by atoms with Crippen LogP contribution in [0.25, 0.3) is 0 Å². The highest BCUT2D eigenvalue weighted by molar-refractivity contribution is 5.80. The second-order valence-electron chi connectivity index (χ2n) is 4.21. The maximum absolute atomic E-state index is 11.4. The molecule has 0 atom stereocenters. The van der Waals surface area contributed by atoms with Crippen LogP contribution in [0.2, 0.25) is 0 Å². The van der Waals surface area contributed by atoms with Gasteiger partial charge in [0, 0.05) is 12.6 Å². The van der Waals surface area contributed by atoms with E-state index in [2.05, 4.69) is 22.4 Å². The molecular weight excluding hydrogens is 226 g/mol. The lowest BCUT2D eigenvalue weighted by atomic mass is 10.1. The monoisotopic (exact) mass is 247 g/mol. The van der Waals surface area contributed by atoms with E-state index in [1.54, 1.807) is 12.4 Å². The smallest absolute Gasteiger partial charge is 0.240 e. The molecule has 1 N–H and O–H groups in total. The van der Waals surface area contributed by atoms with Crippen molar-refractivity contribution in [2.24, 2.45) is 5.10 Å². The Bertz CT molecular complexity index is 363. The Morgan fingerprint density at radius 1 is 1.33 bits per heavy atom. The summed E-state index contributed by atoms with van der Waals surface area (Å²) in [5.41, 5.74) is 3.25. The molecule has 0 unspecified atom stereocenters. The van der Waals surface area contributed by atoms with Gasteiger partial charge in [0.05, 0.1) is 11.9 Å². The van der Waals surface area contributed by atoms with Crippen LogP contribution in [0.4, 0.5) is 0 Å². The summed E-state index contributed by atoms with van der Waals surface area (Å²) in [6, 6.07) is 5.55. The summed E-state index contributed by atoms with van der Waals surface area (Å²) in [7, 11) is 0. The minimum absolute atomic E-state index is 0.0290. The van der Waals surface area contributed by atoms with Gasteiger partial charge in [-0.1, -0.05) is 38.7 Å². The SMILES string of the molecule is CCCCCCCC(=O)N/N=C/c1ccccn1. The van der Waals surface area contributed by atoms with Crippen molar-refractivity contribution in [1.82, 2.24) is 10.4 Å². The largest absolute Gasteiger partial charge is 0.273 e. The van der Waals surface area contributed by atoms with Gasteiger partial charge in [0.25, 0.3) is 0 Å². The molecule has 18 heavy (non-hydrogen) atoms. The van der Waals surface area contributed by atoms with Crippen molar-refractivity contribution in [2.75, 3.05) is 0 Å². The van der Waals surface area contributed by atoms with Gasteiger partial charge in [-0.2, -0.15) is 5.10 Å². The maximum atomic E-state index is 11.4. The lowest BCUT2D eigenvalue weighted by molar-refractivity contribution is -0.121. The highest BCUT2D eigenvalue weighted by Gasteiger charge is 1.98. The average molecular weight is 247 g/mol. The Morgan fingerprint density at radius 2 is 2.17 bits per heavy atom. The lowest BCUT2D eigenvalue weighted by Crippen LogP contribution is -2.16. The third kappa shape index (κ3) is 6.78. The van der Waals surface area contributed by atoms with Gasteiger partial charge in [-0.3, -0.25) is 9.78 Å². The summed E-state index contributed by atoms with van der Waals surface area (Å²) < 4.78 is 0. The Hall–Kier alpha value is -1.71. The fraction of sp³-hybridized carbons (Fsp3) is 0.500. The number of hydrazone groups is 1. The Kier molecular flexibility index (Phi) is 7.44. The normalized spacial score (nSPS) is 10.7. The predicted molar refractivity (Wildman–Crippen MR) is 73.3 cm³/mol. The summed E-state index contributed by atoms with van der Waals surface area (Å²) >= 11 is 0. The Balaban J connectivity index is 2.11. The molecule has 1 aromatic heterocycles. The van der Waals surface area contributed by atoms with Gasteiger partial charge in [-0.05, 0) is 18.6 Å². The highest BCUT2D eigenvalue weighted by atomic mass is 16.2. The van der Waals surface area contributed by atoms with Crippen molar-refractivity contribution >= 4 is 12.1 Å². The number of hydrogen-bond donors (Lipinski definition) is 1. The zero-order valence-corrected chi connectivity index (χ0v) is 10.9. The number of nitrogens with zero attached hydrogens (tertiary/aromatic N) is 2. The van der Waals surface area contributed by atoms with Crippen molar-refractivity contribution in [3.05, 3.63) is 30.1 Å². The number of amides is 1. The molecule has 0 radical (unpaired) electrons. The Morgan fingerprint density at radius 3 is 2.89 bits per heavy atom. The maximum Gasteiger partial charge on any atom is 0.240 e. The van der Waals surface area contributed by atoms with E-state index in [0.717, 1.165) is 18.5 Å². The molecule has 4 nitrogen and oxygen atoms in total. The quantitative estimate of drug-likeness (QED) is 0.436. The summed E-state index contributed by atoms with van der Waals surface area (Å²) in [4.78, 5) is 15.5. The second kappa shape index (κ2) is 9.33. The van der Waals surface area contributed by atoms with E-state index >= 15 is 0 Å². The first-order valence-electron chi connectivity index (χ1n) is 6.56. The van der Waals surface area contributed by atoms with E-state index in [0.29, 0.717) is 6.42 Å². The first-order chi connectivity index (χ1) is 8.83. The summed E-state index contributed by atoms with van der Waals surface area (Å²) in [6.07, 6.45) is 9.52. The Labute approximate surface area is 109 Å². The van der Waals surface area contributed by atoms with Crippen LogP contribution in [0.3, 0.4) is 0 Å². The van der Waals surface area contributed by atoms with Crippen molar-refractivity contribution in [3.8, 4) is 0 Å². The van der Waals surface area contributed by atoms with Crippen molar-refractivity contribution in [2.45, 2.75) is 45.4 Å². The van der Waals surface area contributed by atoms with Gasteiger partial charge < -0.3 is 0 Å². The van der Waals surface area contributed by atoms with Crippen LogP contribution in [0, 0.1) is 0 Å². The van der Waals surface area contributed by atoms with Crippen LogP contribution < -0.4 is 5.43 Å². The van der Waals surface area contributed by atoms with Crippen LogP contribution >= 0.6 is 0 Å². The molecule has 0 aliphatic carbocycles. The standard InChI is InChI=1S/C14H21N3O/c1-2-3-4-5-6-10-14(18)17-16-12-13-9-7-8-11-15-13/h7-9,11-12H,2-6,10H2,1H3,(H,17,18)/b16-12+. The van der Waals surface area contributed by atoms with E-state index in [1.165, 1.54) is 19.3 Å². The minimum Gasteiger partial charge on any atom is -0.273 e. The van der Waals surface area contributed by atoms with E-state index < -0.39 is 0 Å². The molecule has 0 bridgehead atoms. The van der Waals surface area contributed by atoms with Gasteiger partial charge in [-0.15, -0.1) is 0 Å². The molecule has 1 heterocycles.